The van der Waals surface area contributed by atoms with E-state index in [1.807, 2.05) is 11.8 Å². The SMILES string of the molecule is Cc1cccc(CSCC(N)C2CCOC2)c1. The number of hydrogen-bond acceptors (Lipinski definition) is 3. The van der Waals surface area contributed by atoms with Gasteiger partial charge in [0.1, 0.15) is 0 Å². The van der Waals surface area contributed by atoms with Crippen LogP contribution >= 0.6 is 11.8 Å². The minimum Gasteiger partial charge on any atom is -0.381 e. The largest absolute Gasteiger partial charge is 0.381 e. The molecular weight excluding hydrogens is 230 g/mol. The first kappa shape index (κ1) is 12.9. The van der Waals surface area contributed by atoms with Crippen molar-refractivity contribution in [3.05, 3.63) is 35.4 Å². The molecule has 0 bridgehead atoms. The Morgan fingerprint density at radius 3 is 3.12 bits per heavy atom. The highest BCUT2D eigenvalue weighted by atomic mass is 32.2. The van der Waals surface area contributed by atoms with Crippen LogP contribution in [0, 0.1) is 12.8 Å². The van der Waals surface area contributed by atoms with E-state index in [0.717, 1.165) is 31.1 Å². The van der Waals surface area contributed by atoms with Crippen LogP contribution in [0.15, 0.2) is 24.3 Å². The summed E-state index contributed by atoms with van der Waals surface area (Å²) >= 11 is 1.93. The summed E-state index contributed by atoms with van der Waals surface area (Å²) in [5.74, 6) is 2.66. The second-order valence-electron chi connectivity index (χ2n) is 4.79. The van der Waals surface area contributed by atoms with Gasteiger partial charge in [-0.25, -0.2) is 0 Å². The molecule has 17 heavy (non-hydrogen) atoms. The molecule has 1 aliphatic rings. The Morgan fingerprint density at radius 2 is 2.41 bits per heavy atom. The molecule has 94 valence electrons. The Hall–Kier alpha value is -0.510. The number of thioether (sulfide) groups is 1. The Bertz CT molecular complexity index is 350. The van der Waals surface area contributed by atoms with Crippen LogP contribution in [0.5, 0.6) is 0 Å². The maximum absolute atomic E-state index is 6.17. The molecule has 3 heteroatoms. The maximum Gasteiger partial charge on any atom is 0.0510 e. The summed E-state index contributed by atoms with van der Waals surface area (Å²) in [6, 6.07) is 8.97. The lowest BCUT2D eigenvalue weighted by atomic mass is 10.0. The van der Waals surface area contributed by atoms with Gasteiger partial charge in [-0.2, -0.15) is 11.8 Å². The second-order valence-corrected chi connectivity index (χ2v) is 5.82. The van der Waals surface area contributed by atoms with Crippen LogP contribution < -0.4 is 5.73 Å². The van der Waals surface area contributed by atoms with Crippen molar-refractivity contribution in [3.63, 3.8) is 0 Å². The van der Waals surface area contributed by atoms with Crippen molar-refractivity contribution in [2.75, 3.05) is 19.0 Å². The molecule has 0 aliphatic carbocycles. The van der Waals surface area contributed by atoms with Gasteiger partial charge in [-0.05, 0) is 18.9 Å². The van der Waals surface area contributed by atoms with Gasteiger partial charge in [0.25, 0.3) is 0 Å². The zero-order valence-corrected chi connectivity index (χ0v) is 11.2. The van der Waals surface area contributed by atoms with Crippen LogP contribution in [0.4, 0.5) is 0 Å². The van der Waals surface area contributed by atoms with Gasteiger partial charge in [0.05, 0.1) is 6.61 Å². The van der Waals surface area contributed by atoms with Crippen molar-refractivity contribution in [2.45, 2.75) is 25.1 Å². The molecule has 1 aromatic carbocycles. The Kier molecular flexibility index (Phi) is 4.89. The number of nitrogens with two attached hydrogens (primary N) is 1. The molecule has 2 atom stereocenters. The number of benzene rings is 1. The van der Waals surface area contributed by atoms with E-state index in [-0.39, 0.29) is 6.04 Å². The fraction of sp³-hybridized carbons (Fsp3) is 0.571. The van der Waals surface area contributed by atoms with Crippen LogP contribution in [-0.2, 0) is 10.5 Å². The van der Waals surface area contributed by atoms with Crippen molar-refractivity contribution in [1.29, 1.82) is 0 Å². The molecule has 0 saturated carbocycles. The Labute approximate surface area is 108 Å². The van der Waals surface area contributed by atoms with Gasteiger partial charge in [0.15, 0.2) is 0 Å². The standard InChI is InChI=1S/C14H21NOS/c1-11-3-2-4-12(7-11)9-17-10-14(15)13-5-6-16-8-13/h2-4,7,13-14H,5-6,8-10,15H2,1H3. The molecule has 0 aromatic heterocycles. The van der Waals surface area contributed by atoms with Crippen LogP contribution in [0.1, 0.15) is 17.5 Å². The number of ether oxygens (including phenoxy) is 1. The molecule has 1 aromatic rings. The molecule has 1 heterocycles. The predicted octanol–water partition coefficient (Wildman–Crippen LogP) is 2.59. The summed E-state index contributed by atoms with van der Waals surface area (Å²) in [5.41, 5.74) is 8.90. The molecule has 2 rings (SSSR count). The molecule has 1 aliphatic heterocycles. The smallest absolute Gasteiger partial charge is 0.0510 e. The Morgan fingerprint density at radius 1 is 1.53 bits per heavy atom. The normalized spacial score (nSPS) is 21.6. The second kappa shape index (κ2) is 6.43. The fourth-order valence-electron chi connectivity index (χ4n) is 2.14. The zero-order valence-electron chi connectivity index (χ0n) is 10.4. The molecule has 0 radical (unpaired) electrons. The monoisotopic (exact) mass is 251 g/mol. The zero-order chi connectivity index (χ0) is 12.1. The van der Waals surface area contributed by atoms with Crippen molar-refractivity contribution in [3.8, 4) is 0 Å². The van der Waals surface area contributed by atoms with Crippen LogP contribution in [0.25, 0.3) is 0 Å². The molecular formula is C14H21NOS. The highest BCUT2D eigenvalue weighted by Crippen LogP contribution is 2.20. The van der Waals surface area contributed by atoms with E-state index in [9.17, 15) is 0 Å². The molecule has 1 saturated heterocycles. The molecule has 1 fully saturated rings. The number of rotatable bonds is 5. The van der Waals surface area contributed by atoms with E-state index >= 15 is 0 Å². The van der Waals surface area contributed by atoms with Crippen LogP contribution in [0.2, 0.25) is 0 Å². The summed E-state index contributed by atoms with van der Waals surface area (Å²) in [5, 5.41) is 0. The van der Waals surface area contributed by atoms with Crippen molar-refractivity contribution < 1.29 is 4.74 Å². The van der Waals surface area contributed by atoms with Gasteiger partial charge < -0.3 is 10.5 Å². The van der Waals surface area contributed by atoms with Gasteiger partial charge in [-0.1, -0.05) is 29.8 Å². The van der Waals surface area contributed by atoms with E-state index in [1.165, 1.54) is 11.1 Å². The lowest BCUT2D eigenvalue weighted by molar-refractivity contribution is 0.182. The molecule has 0 amide bonds. The van der Waals surface area contributed by atoms with E-state index in [4.69, 9.17) is 10.5 Å². The van der Waals surface area contributed by atoms with Gasteiger partial charge in [-0.15, -0.1) is 0 Å². The first-order valence-corrected chi connectivity index (χ1v) is 7.38. The summed E-state index contributed by atoms with van der Waals surface area (Å²) in [4.78, 5) is 0. The third-order valence-electron chi connectivity index (χ3n) is 3.23. The van der Waals surface area contributed by atoms with Gasteiger partial charge >= 0.3 is 0 Å². The number of hydrogen-bond donors (Lipinski definition) is 1. The summed E-state index contributed by atoms with van der Waals surface area (Å²) in [6.45, 7) is 3.88. The molecule has 0 spiro atoms. The topological polar surface area (TPSA) is 35.2 Å². The first-order valence-electron chi connectivity index (χ1n) is 6.22. The van der Waals surface area contributed by atoms with E-state index in [0.29, 0.717) is 5.92 Å². The third kappa shape index (κ3) is 4.02. The highest BCUT2D eigenvalue weighted by Gasteiger charge is 2.22. The average Bonchev–Trinajstić information content (AvgIpc) is 2.82. The summed E-state index contributed by atoms with van der Waals surface area (Å²) < 4.78 is 5.37. The highest BCUT2D eigenvalue weighted by molar-refractivity contribution is 7.98. The van der Waals surface area contributed by atoms with Crippen molar-refractivity contribution >= 4 is 11.8 Å². The van der Waals surface area contributed by atoms with E-state index in [2.05, 4.69) is 31.2 Å². The number of aryl methyl sites for hydroxylation is 1. The Balaban J connectivity index is 1.71. The first-order chi connectivity index (χ1) is 8.25. The van der Waals surface area contributed by atoms with Crippen LogP contribution in [0.3, 0.4) is 0 Å². The third-order valence-corrected chi connectivity index (χ3v) is 4.39. The summed E-state index contributed by atoms with van der Waals surface area (Å²) in [6.07, 6.45) is 1.13. The van der Waals surface area contributed by atoms with Gasteiger partial charge in [0.2, 0.25) is 0 Å². The lowest BCUT2D eigenvalue weighted by Crippen LogP contribution is -2.32. The van der Waals surface area contributed by atoms with E-state index in [1.54, 1.807) is 0 Å². The van der Waals surface area contributed by atoms with Crippen molar-refractivity contribution in [2.24, 2.45) is 11.7 Å². The minimum atomic E-state index is 0.285. The predicted molar refractivity (Wildman–Crippen MR) is 74.2 cm³/mol. The average molecular weight is 251 g/mol. The fourth-order valence-corrected chi connectivity index (χ4v) is 3.22. The molecule has 2 unspecified atom stereocenters. The summed E-state index contributed by atoms with van der Waals surface area (Å²) in [7, 11) is 0. The minimum absolute atomic E-state index is 0.285. The van der Waals surface area contributed by atoms with Gasteiger partial charge in [-0.3, -0.25) is 0 Å². The van der Waals surface area contributed by atoms with E-state index < -0.39 is 0 Å². The quantitative estimate of drug-likeness (QED) is 0.873. The molecule has 2 N–H and O–H groups in total. The van der Waals surface area contributed by atoms with Gasteiger partial charge in [0, 0.05) is 30.1 Å². The van der Waals surface area contributed by atoms with Crippen LogP contribution in [-0.4, -0.2) is 25.0 Å². The molecule has 2 nitrogen and oxygen atoms in total. The maximum atomic E-state index is 6.17. The van der Waals surface area contributed by atoms with Crippen molar-refractivity contribution in [1.82, 2.24) is 0 Å². The lowest BCUT2D eigenvalue weighted by Gasteiger charge is -2.16.